The maximum atomic E-state index is 12.8. The molecule has 130 valence electrons. The van der Waals surface area contributed by atoms with Crippen LogP contribution in [0.4, 0.5) is 0 Å². The number of carbonyl (C=O) groups excluding carboxylic acids is 1. The van der Waals surface area contributed by atoms with Gasteiger partial charge in [-0.05, 0) is 30.5 Å². The molecule has 4 rings (SSSR count). The average Bonchev–Trinajstić information content (AvgIpc) is 3.00. The predicted molar refractivity (Wildman–Crippen MR) is 86.3 cm³/mol. The average molecular weight is 333 g/mol. The summed E-state index contributed by atoms with van der Waals surface area (Å²) in [7, 11) is 0. The molecule has 0 radical (unpaired) electrons. The van der Waals surface area contributed by atoms with Gasteiger partial charge in [-0.3, -0.25) is 4.79 Å². The molecule has 6 heteroatoms. The number of benzene rings is 1. The minimum atomic E-state index is -0.472. The number of hydrogen-bond acceptors (Lipinski definition) is 5. The summed E-state index contributed by atoms with van der Waals surface area (Å²) in [5, 5.41) is 0. The number of fused-ring (bicyclic) bond motifs is 1. The highest BCUT2D eigenvalue weighted by atomic mass is 16.6. The molecule has 6 nitrogen and oxygen atoms in total. The van der Waals surface area contributed by atoms with Crippen molar-refractivity contribution in [3.63, 3.8) is 0 Å². The summed E-state index contributed by atoms with van der Waals surface area (Å²) in [4.78, 5) is 14.7. The Balaban J connectivity index is 1.54. The van der Waals surface area contributed by atoms with E-state index in [0.29, 0.717) is 33.0 Å². The zero-order chi connectivity index (χ0) is 16.4. The van der Waals surface area contributed by atoms with E-state index in [1.165, 1.54) is 0 Å². The van der Waals surface area contributed by atoms with Crippen LogP contribution in [-0.4, -0.2) is 56.5 Å². The molecule has 2 atom stereocenters. The number of nitrogens with zero attached hydrogens (tertiary/aromatic N) is 1. The lowest BCUT2D eigenvalue weighted by Gasteiger charge is -2.31. The maximum Gasteiger partial charge on any atom is 0.254 e. The van der Waals surface area contributed by atoms with Gasteiger partial charge in [0.05, 0.1) is 39.1 Å². The van der Waals surface area contributed by atoms with E-state index in [-0.39, 0.29) is 11.9 Å². The lowest BCUT2D eigenvalue weighted by molar-refractivity contribution is -0.158. The van der Waals surface area contributed by atoms with Crippen molar-refractivity contribution >= 4 is 5.91 Å². The molecule has 3 heterocycles. The van der Waals surface area contributed by atoms with Gasteiger partial charge in [-0.1, -0.05) is 6.07 Å². The maximum absolute atomic E-state index is 12.8. The van der Waals surface area contributed by atoms with Crippen molar-refractivity contribution < 1.29 is 23.7 Å². The van der Waals surface area contributed by atoms with Crippen LogP contribution in [0.5, 0.6) is 11.5 Å². The summed E-state index contributed by atoms with van der Waals surface area (Å²) < 4.78 is 22.4. The second kappa shape index (κ2) is 6.99. The Kier molecular flexibility index (Phi) is 4.58. The van der Waals surface area contributed by atoms with Crippen molar-refractivity contribution in [1.29, 1.82) is 0 Å². The number of ether oxygens (including phenoxy) is 4. The van der Waals surface area contributed by atoms with E-state index in [9.17, 15) is 4.79 Å². The second-order valence-corrected chi connectivity index (χ2v) is 6.38. The zero-order valence-electron chi connectivity index (χ0n) is 13.7. The van der Waals surface area contributed by atoms with Crippen LogP contribution in [0.25, 0.3) is 0 Å². The van der Waals surface area contributed by atoms with Gasteiger partial charge in [0.1, 0.15) is 0 Å². The van der Waals surface area contributed by atoms with Crippen molar-refractivity contribution in [2.45, 2.75) is 31.4 Å². The third-order valence-electron chi connectivity index (χ3n) is 4.78. The molecular weight excluding hydrogens is 310 g/mol. The number of carbonyl (C=O) groups is 1. The largest absolute Gasteiger partial charge is 0.490 e. The van der Waals surface area contributed by atoms with E-state index in [0.717, 1.165) is 42.9 Å². The summed E-state index contributed by atoms with van der Waals surface area (Å²) in [5.74, 6) is 1.60. The molecule has 0 N–H and O–H groups in total. The third-order valence-corrected chi connectivity index (χ3v) is 4.78. The Hall–Kier alpha value is -1.79. The zero-order valence-corrected chi connectivity index (χ0v) is 13.7. The smallest absolute Gasteiger partial charge is 0.254 e. The van der Waals surface area contributed by atoms with Crippen molar-refractivity contribution in [1.82, 2.24) is 4.90 Å². The van der Waals surface area contributed by atoms with E-state index in [1.54, 1.807) is 0 Å². The Morgan fingerprint density at radius 1 is 1.04 bits per heavy atom. The Morgan fingerprint density at radius 3 is 2.75 bits per heavy atom. The molecule has 3 aliphatic heterocycles. The Morgan fingerprint density at radius 2 is 1.92 bits per heavy atom. The summed E-state index contributed by atoms with van der Waals surface area (Å²) in [6.07, 6.45) is 2.37. The molecule has 0 saturated carbocycles. The molecule has 24 heavy (non-hydrogen) atoms. The van der Waals surface area contributed by atoms with Gasteiger partial charge in [-0.25, -0.2) is 0 Å². The van der Waals surface area contributed by atoms with Crippen molar-refractivity contribution in [3.8, 4) is 11.5 Å². The van der Waals surface area contributed by atoms with Crippen LogP contribution in [0.3, 0.4) is 0 Å². The van der Waals surface area contributed by atoms with E-state index in [4.69, 9.17) is 18.9 Å². The van der Waals surface area contributed by atoms with Gasteiger partial charge in [0.2, 0.25) is 0 Å². The Bertz CT molecular complexity index is 599. The van der Waals surface area contributed by atoms with Crippen LogP contribution in [-0.2, 0) is 14.3 Å². The number of rotatable bonds is 2. The first-order chi connectivity index (χ1) is 11.8. The molecule has 0 aromatic heterocycles. The highest BCUT2D eigenvalue weighted by Gasteiger charge is 2.35. The standard InChI is InChI=1S/C18H23NO5/c20-18(17-12-21-9-10-24-17)19-6-1-3-14(19)13-4-5-15-16(11-13)23-8-2-7-22-15/h4-5,11,14,17H,1-3,6-10,12H2/t14-,17+/m1/s1. The first-order valence-corrected chi connectivity index (χ1v) is 8.72. The molecule has 0 unspecified atom stereocenters. The molecule has 2 saturated heterocycles. The van der Waals surface area contributed by atoms with Gasteiger partial charge in [0.25, 0.3) is 5.91 Å². The second-order valence-electron chi connectivity index (χ2n) is 6.38. The van der Waals surface area contributed by atoms with Crippen LogP contribution in [0, 0.1) is 0 Å². The quantitative estimate of drug-likeness (QED) is 0.828. The number of likely N-dealkylation sites (tertiary alicyclic amines) is 1. The molecular formula is C18H23NO5. The van der Waals surface area contributed by atoms with Gasteiger partial charge in [0.15, 0.2) is 17.6 Å². The van der Waals surface area contributed by atoms with E-state index >= 15 is 0 Å². The van der Waals surface area contributed by atoms with E-state index in [1.807, 2.05) is 23.1 Å². The molecule has 0 bridgehead atoms. The van der Waals surface area contributed by atoms with Gasteiger partial charge in [0, 0.05) is 13.0 Å². The van der Waals surface area contributed by atoms with Crippen molar-refractivity contribution in [2.24, 2.45) is 0 Å². The number of amides is 1. The van der Waals surface area contributed by atoms with E-state index < -0.39 is 6.10 Å². The van der Waals surface area contributed by atoms with Crippen LogP contribution in [0.15, 0.2) is 18.2 Å². The summed E-state index contributed by atoms with van der Waals surface area (Å²) in [5.41, 5.74) is 1.10. The predicted octanol–water partition coefficient (Wildman–Crippen LogP) is 1.93. The summed E-state index contributed by atoms with van der Waals surface area (Å²) >= 11 is 0. The molecule has 2 fully saturated rings. The normalized spacial score (nSPS) is 26.9. The molecule has 3 aliphatic rings. The number of hydrogen-bond donors (Lipinski definition) is 0. The van der Waals surface area contributed by atoms with Gasteiger partial charge in [-0.15, -0.1) is 0 Å². The third kappa shape index (κ3) is 3.08. The molecule has 1 aromatic rings. The monoisotopic (exact) mass is 333 g/mol. The van der Waals surface area contributed by atoms with Crippen LogP contribution >= 0.6 is 0 Å². The van der Waals surface area contributed by atoms with Gasteiger partial charge < -0.3 is 23.8 Å². The lowest BCUT2D eigenvalue weighted by atomic mass is 10.0. The van der Waals surface area contributed by atoms with Crippen LogP contribution in [0.2, 0.25) is 0 Å². The SMILES string of the molecule is O=C([C@@H]1COCCO1)N1CCC[C@@H]1c1ccc2c(c1)OCCCO2. The fourth-order valence-corrected chi connectivity index (χ4v) is 3.58. The summed E-state index contributed by atoms with van der Waals surface area (Å²) in [6.45, 7) is 3.51. The molecule has 0 spiro atoms. The molecule has 0 aliphatic carbocycles. The van der Waals surface area contributed by atoms with Crippen LogP contribution in [0.1, 0.15) is 30.9 Å². The minimum Gasteiger partial charge on any atom is -0.490 e. The fourth-order valence-electron chi connectivity index (χ4n) is 3.58. The minimum absolute atomic E-state index is 0.0318. The first-order valence-electron chi connectivity index (χ1n) is 8.72. The van der Waals surface area contributed by atoms with Crippen LogP contribution < -0.4 is 9.47 Å². The molecule has 1 amide bonds. The van der Waals surface area contributed by atoms with E-state index in [2.05, 4.69) is 0 Å². The van der Waals surface area contributed by atoms with Gasteiger partial charge in [-0.2, -0.15) is 0 Å². The fraction of sp³-hybridized carbons (Fsp3) is 0.611. The highest BCUT2D eigenvalue weighted by Crippen LogP contribution is 2.38. The molecule has 1 aromatic carbocycles. The lowest BCUT2D eigenvalue weighted by Crippen LogP contribution is -2.45. The first kappa shape index (κ1) is 15.7. The summed E-state index contributed by atoms with van der Waals surface area (Å²) in [6, 6.07) is 6.09. The van der Waals surface area contributed by atoms with Gasteiger partial charge >= 0.3 is 0 Å². The van der Waals surface area contributed by atoms with Crippen molar-refractivity contribution in [2.75, 3.05) is 39.6 Å². The topological polar surface area (TPSA) is 57.2 Å². The highest BCUT2D eigenvalue weighted by molar-refractivity contribution is 5.82. The Labute approximate surface area is 141 Å². The van der Waals surface area contributed by atoms with Crippen molar-refractivity contribution in [3.05, 3.63) is 23.8 Å².